The van der Waals surface area contributed by atoms with E-state index in [9.17, 15) is 21.6 Å². The van der Waals surface area contributed by atoms with Crippen LogP contribution in [0.1, 0.15) is 35.7 Å². The largest absolute Gasteiger partial charge is 0.416 e. The summed E-state index contributed by atoms with van der Waals surface area (Å²) in [6, 6.07) is 22.2. The van der Waals surface area contributed by atoms with Crippen molar-refractivity contribution in [2.45, 2.75) is 30.1 Å². The fourth-order valence-corrected chi connectivity index (χ4v) is 5.18. The molecule has 1 aliphatic rings. The van der Waals surface area contributed by atoms with Gasteiger partial charge in [0.2, 0.25) is 0 Å². The molecule has 4 nitrogen and oxygen atoms in total. The van der Waals surface area contributed by atoms with E-state index in [1.807, 2.05) is 43.3 Å². The normalized spacial score (nSPS) is 18.6. The summed E-state index contributed by atoms with van der Waals surface area (Å²) in [6.45, 7) is 3.98. The molecule has 0 amide bonds. The predicted molar refractivity (Wildman–Crippen MR) is 128 cm³/mol. The van der Waals surface area contributed by atoms with Gasteiger partial charge in [0.25, 0.3) is 0 Å². The van der Waals surface area contributed by atoms with Crippen molar-refractivity contribution >= 4 is 15.5 Å². The Balaban J connectivity index is 1.63. The SMILES string of the molecule is CC(c1ccc(C(F)(F)F)cc1)N1CCN(c2cccc(S(C)(=O)=O)c2)C[C@@H]1c1ccccc1. The van der Waals surface area contributed by atoms with Crippen LogP contribution in [0.25, 0.3) is 0 Å². The minimum absolute atomic E-state index is 0.0193. The Morgan fingerprint density at radius 1 is 0.912 bits per heavy atom. The highest BCUT2D eigenvalue weighted by Crippen LogP contribution is 2.36. The zero-order valence-corrected chi connectivity index (χ0v) is 19.9. The van der Waals surface area contributed by atoms with Gasteiger partial charge in [0.05, 0.1) is 16.5 Å². The van der Waals surface area contributed by atoms with Gasteiger partial charge in [-0.05, 0) is 48.4 Å². The van der Waals surface area contributed by atoms with E-state index in [1.165, 1.54) is 6.26 Å². The maximum atomic E-state index is 13.0. The summed E-state index contributed by atoms with van der Waals surface area (Å²) in [7, 11) is -3.32. The number of benzene rings is 3. The molecule has 0 aromatic heterocycles. The molecule has 8 heteroatoms. The molecule has 180 valence electrons. The molecule has 4 rings (SSSR count). The lowest BCUT2D eigenvalue weighted by atomic mass is 9.96. The zero-order valence-electron chi connectivity index (χ0n) is 19.0. The molecule has 1 saturated heterocycles. The molecular weight excluding hydrogens is 461 g/mol. The van der Waals surface area contributed by atoms with E-state index in [-0.39, 0.29) is 17.0 Å². The molecule has 1 fully saturated rings. The number of anilines is 1. The summed E-state index contributed by atoms with van der Waals surface area (Å²) in [5.74, 6) is 0. The van der Waals surface area contributed by atoms with Gasteiger partial charge in [-0.1, -0.05) is 48.5 Å². The number of hydrogen-bond donors (Lipinski definition) is 0. The molecule has 0 spiro atoms. The highest BCUT2D eigenvalue weighted by molar-refractivity contribution is 7.90. The van der Waals surface area contributed by atoms with Crippen molar-refractivity contribution in [3.8, 4) is 0 Å². The molecular formula is C26H27F3N2O2S. The van der Waals surface area contributed by atoms with Gasteiger partial charge in [0, 0.05) is 37.6 Å². The van der Waals surface area contributed by atoms with E-state index >= 15 is 0 Å². The minimum Gasteiger partial charge on any atom is -0.368 e. The van der Waals surface area contributed by atoms with E-state index in [1.54, 1.807) is 30.3 Å². The first kappa shape index (κ1) is 24.3. The van der Waals surface area contributed by atoms with Crippen LogP contribution in [0, 0.1) is 0 Å². The summed E-state index contributed by atoms with van der Waals surface area (Å²) in [5, 5.41) is 0. The Hall–Kier alpha value is -2.84. The Bertz CT molecular complexity index is 1230. The van der Waals surface area contributed by atoms with Crippen LogP contribution in [0.2, 0.25) is 0 Å². The topological polar surface area (TPSA) is 40.6 Å². The van der Waals surface area contributed by atoms with Crippen LogP contribution >= 0.6 is 0 Å². The first-order valence-corrected chi connectivity index (χ1v) is 13.0. The van der Waals surface area contributed by atoms with Gasteiger partial charge >= 0.3 is 6.18 Å². The molecule has 0 saturated carbocycles. The summed E-state index contributed by atoms with van der Waals surface area (Å²) in [4.78, 5) is 4.75. The van der Waals surface area contributed by atoms with Crippen LogP contribution in [0.15, 0.2) is 83.8 Å². The maximum absolute atomic E-state index is 13.0. The molecule has 0 bridgehead atoms. The van der Waals surface area contributed by atoms with Crippen LogP contribution in [0.5, 0.6) is 0 Å². The number of alkyl halides is 3. The number of sulfone groups is 1. The summed E-state index contributed by atoms with van der Waals surface area (Å²) in [5.41, 5.74) is 2.11. The molecule has 0 aliphatic carbocycles. The molecule has 0 N–H and O–H groups in total. The number of hydrogen-bond acceptors (Lipinski definition) is 4. The first-order chi connectivity index (χ1) is 16.0. The van der Waals surface area contributed by atoms with Crippen LogP contribution in [-0.4, -0.2) is 39.2 Å². The van der Waals surface area contributed by atoms with Gasteiger partial charge < -0.3 is 4.90 Å². The first-order valence-electron chi connectivity index (χ1n) is 11.1. The Morgan fingerprint density at radius 3 is 2.21 bits per heavy atom. The minimum atomic E-state index is -4.36. The summed E-state index contributed by atoms with van der Waals surface area (Å²) >= 11 is 0. The van der Waals surface area contributed by atoms with Crippen molar-refractivity contribution in [2.24, 2.45) is 0 Å². The second-order valence-corrected chi connectivity index (χ2v) is 10.7. The third-order valence-corrected chi connectivity index (χ3v) is 7.55. The van der Waals surface area contributed by atoms with Gasteiger partial charge in [0.15, 0.2) is 9.84 Å². The van der Waals surface area contributed by atoms with E-state index in [0.29, 0.717) is 19.6 Å². The Kier molecular flexibility index (Phi) is 6.73. The quantitative estimate of drug-likeness (QED) is 0.460. The fraction of sp³-hybridized carbons (Fsp3) is 0.308. The summed E-state index contributed by atoms with van der Waals surface area (Å²) in [6.07, 6.45) is -3.16. The number of nitrogens with zero attached hydrogens (tertiary/aromatic N) is 2. The highest BCUT2D eigenvalue weighted by Gasteiger charge is 2.34. The van der Waals surface area contributed by atoms with E-state index in [0.717, 1.165) is 28.9 Å². The van der Waals surface area contributed by atoms with Gasteiger partial charge in [-0.15, -0.1) is 0 Å². The van der Waals surface area contributed by atoms with Crippen LogP contribution < -0.4 is 4.90 Å². The second-order valence-electron chi connectivity index (χ2n) is 8.68. The molecule has 1 aliphatic heterocycles. The van der Waals surface area contributed by atoms with Crippen molar-refractivity contribution in [1.29, 1.82) is 0 Å². The Labute approximate surface area is 198 Å². The van der Waals surface area contributed by atoms with Crippen molar-refractivity contribution < 1.29 is 21.6 Å². The molecule has 2 atom stereocenters. The highest BCUT2D eigenvalue weighted by atomic mass is 32.2. The molecule has 1 unspecified atom stereocenters. The summed E-state index contributed by atoms with van der Waals surface area (Å²) < 4.78 is 63.1. The van der Waals surface area contributed by atoms with Crippen molar-refractivity contribution in [1.82, 2.24) is 4.90 Å². The van der Waals surface area contributed by atoms with E-state index in [2.05, 4.69) is 9.80 Å². The third-order valence-electron chi connectivity index (χ3n) is 6.43. The van der Waals surface area contributed by atoms with E-state index in [4.69, 9.17) is 0 Å². The lowest BCUT2D eigenvalue weighted by molar-refractivity contribution is -0.137. The number of piperazine rings is 1. The van der Waals surface area contributed by atoms with Gasteiger partial charge in [-0.3, -0.25) is 4.90 Å². The number of halogens is 3. The van der Waals surface area contributed by atoms with Gasteiger partial charge in [-0.2, -0.15) is 13.2 Å². The van der Waals surface area contributed by atoms with E-state index < -0.39 is 21.6 Å². The molecule has 1 heterocycles. The van der Waals surface area contributed by atoms with Crippen LogP contribution in [-0.2, 0) is 16.0 Å². The average Bonchev–Trinajstić information content (AvgIpc) is 2.83. The van der Waals surface area contributed by atoms with Gasteiger partial charge in [0.1, 0.15) is 0 Å². The maximum Gasteiger partial charge on any atom is 0.416 e. The van der Waals surface area contributed by atoms with Crippen LogP contribution in [0.4, 0.5) is 18.9 Å². The Morgan fingerprint density at radius 2 is 1.59 bits per heavy atom. The molecule has 34 heavy (non-hydrogen) atoms. The monoisotopic (exact) mass is 488 g/mol. The van der Waals surface area contributed by atoms with Gasteiger partial charge in [-0.25, -0.2) is 8.42 Å². The van der Waals surface area contributed by atoms with Crippen molar-refractivity contribution in [3.05, 3.63) is 95.6 Å². The smallest absolute Gasteiger partial charge is 0.368 e. The lowest BCUT2D eigenvalue weighted by Crippen LogP contribution is -2.49. The predicted octanol–water partition coefficient (Wildman–Crippen LogP) is 5.73. The molecule has 0 radical (unpaired) electrons. The molecule has 3 aromatic rings. The lowest BCUT2D eigenvalue weighted by Gasteiger charge is -2.45. The average molecular weight is 489 g/mol. The fourth-order valence-electron chi connectivity index (χ4n) is 4.52. The molecule has 3 aromatic carbocycles. The third kappa shape index (κ3) is 5.28. The van der Waals surface area contributed by atoms with Crippen molar-refractivity contribution in [3.63, 3.8) is 0 Å². The van der Waals surface area contributed by atoms with Crippen LogP contribution in [0.3, 0.4) is 0 Å². The second kappa shape index (κ2) is 9.43. The zero-order chi connectivity index (χ0) is 24.5. The van der Waals surface area contributed by atoms with Crippen molar-refractivity contribution in [2.75, 3.05) is 30.8 Å². The standard InChI is InChI=1S/C26H27F3N2O2S/c1-19(20-11-13-22(14-12-20)26(27,28)29)31-16-15-30(18-25(31)21-7-4-3-5-8-21)23-9-6-10-24(17-23)34(2,32)33/h3-14,17,19,25H,15-16,18H2,1-2H3/t19?,25-/m1/s1. The number of rotatable bonds is 5.